The van der Waals surface area contributed by atoms with Crippen LogP contribution in [-0.2, 0) is 19.6 Å². The van der Waals surface area contributed by atoms with Gasteiger partial charge in [-0.25, -0.2) is 8.42 Å². The van der Waals surface area contributed by atoms with Crippen molar-refractivity contribution < 1.29 is 17.9 Å². The van der Waals surface area contributed by atoms with Gasteiger partial charge in [0.1, 0.15) is 17.5 Å². The van der Waals surface area contributed by atoms with Gasteiger partial charge in [0, 0.05) is 11.6 Å². The fourth-order valence-corrected chi connectivity index (χ4v) is 3.56. The molecule has 114 valence electrons. The van der Waals surface area contributed by atoms with Crippen LogP contribution in [0.25, 0.3) is 0 Å². The summed E-state index contributed by atoms with van der Waals surface area (Å²) in [7, 11) is -2.83. The molecule has 0 amide bonds. The average Bonchev–Trinajstić information content (AvgIpc) is 2.46. The second kappa shape index (κ2) is 7.41. The van der Waals surface area contributed by atoms with Crippen LogP contribution in [0.2, 0.25) is 5.02 Å². The lowest BCUT2D eigenvalue weighted by molar-refractivity contribution is -0.140. The van der Waals surface area contributed by atoms with Crippen LogP contribution in [0.4, 0.5) is 0 Å². The second-order valence-corrected chi connectivity index (χ2v) is 6.51. The van der Waals surface area contributed by atoms with Crippen molar-refractivity contribution in [2.45, 2.75) is 18.2 Å². The van der Waals surface area contributed by atoms with Gasteiger partial charge < -0.3 is 4.74 Å². The van der Waals surface area contributed by atoms with E-state index in [1.54, 1.807) is 6.92 Å². The fourth-order valence-electron chi connectivity index (χ4n) is 1.68. The molecule has 0 fully saturated rings. The number of benzene rings is 1. The van der Waals surface area contributed by atoms with Gasteiger partial charge in [0.2, 0.25) is 10.0 Å². The summed E-state index contributed by atoms with van der Waals surface area (Å²) in [4.78, 5) is 11.2. The molecule has 0 heterocycles. The number of ether oxygens (including phenoxy) is 1. The molecule has 8 heteroatoms. The molecule has 0 saturated carbocycles. The van der Waals surface area contributed by atoms with Crippen molar-refractivity contribution in [2.75, 3.05) is 20.2 Å². The van der Waals surface area contributed by atoms with Crippen molar-refractivity contribution in [1.29, 1.82) is 5.26 Å². The first kappa shape index (κ1) is 17.4. The summed E-state index contributed by atoms with van der Waals surface area (Å²) >= 11 is 5.81. The highest BCUT2D eigenvalue weighted by Crippen LogP contribution is 2.24. The predicted molar refractivity (Wildman–Crippen MR) is 77.2 cm³/mol. The normalized spacial score (nSPS) is 11.2. The summed E-state index contributed by atoms with van der Waals surface area (Å²) in [6, 6.07) is 5.78. The molecule has 21 heavy (non-hydrogen) atoms. The minimum absolute atomic E-state index is 0.0228. The van der Waals surface area contributed by atoms with Gasteiger partial charge in [-0.15, -0.1) is 0 Å². The number of carbonyl (C=O) groups excluding carboxylic acids is 1. The number of esters is 1. The Morgan fingerprint density at radius 3 is 2.67 bits per heavy atom. The predicted octanol–water partition coefficient (Wildman–Crippen LogP) is 1.79. The molecule has 6 nitrogen and oxygen atoms in total. The smallest absolute Gasteiger partial charge is 0.321 e. The van der Waals surface area contributed by atoms with Crippen LogP contribution < -0.4 is 0 Å². The van der Waals surface area contributed by atoms with Crippen LogP contribution in [0.15, 0.2) is 23.1 Å². The number of nitrogens with zero attached hydrogens (tertiary/aromatic N) is 2. The van der Waals surface area contributed by atoms with E-state index < -0.39 is 22.5 Å². The number of hydrogen-bond acceptors (Lipinski definition) is 5. The SMILES string of the molecule is CCCN(CC(=O)OC)S(=O)(=O)c1cc(Cl)ccc1C#N. The molecule has 0 aromatic heterocycles. The molecule has 0 saturated heterocycles. The Bertz CT molecular complexity index is 667. The summed E-state index contributed by atoms with van der Waals surface area (Å²) < 4.78 is 30.7. The molecule has 0 N–H and O–H groups in total. The van der Waals surface area contributed by atoms with Crippen LogP contribution in [0.3, 0.4) is 0 Å². The van der Waals surface area contributed by atoms with Gasteiger partial charge >= 0.3 is 5.97 Å². The third-order valence-electron chi connectivity index (χ3n) is 2.69. The van der Waals surface area contributed by atoms with Gasteiger partial charge in [-0.3, -0.25) is 4.79 Å². The first-order chi connectivity index (χ1) is 9.86. The summed E-state index contributed by atoms with van der Waals surface area (Å²) in [6.07, 6.45) is 0.513. The Kier molecular flexibility index (Phi) is 6.15. The number of carbonyl (C=O) groups is 1. The highest BCUT2D eigenvalue weighted by Gasteiger charge is 2.29. The van der Waals surface area contributed by atoms with E-state index in [0.717, 1.165) is 4.31 Å². The van der Waals surface area contributed by atoms with Crippen molar-refractivity contribution in [3.63, 3.8) is 0 Å². The molecular formula is C13H15ClN2O4S. The lowest BCUT2D eigenvalue weighted by atomic mass is 10.2. The van der Waals surface area contributed by atoms with Crippen LogP contribution in [0.1, 0.15) is 18.9 Å². The van der Waals surface area contributed by atoms with E-state index in [-0.39, 0.29) is 22.0 Å². The van der Waals surface area contributed by atoms with Crippen molar-refractivity contribution in [1.82, 2.24) is 4.31 Å². The van der Waals surface area contributed by atoms with E-state index in [1.165, 1.54) is 25.3 Å². The first-order valence-electron chi connectivity index (χ1n) is 6.13. The fraction of sp³-hybridized carbons (Fsp3) is 0.385. The third-order valence-corrected chi connectivity index (χ3v) is 4.81. The largest absolute Gasteiger partial charge is 0.468 e. The molecule has 1 aromatic rings. The standard InChI is InChI=1S/C13H15ClN2O4S/c1-3-6-16(9-13(17)20-2)21(18,19)12-7-11(14)5-4-10(12)8-15/h4-5,7H,3,6,9H2,1-2H3. The Morgan fingerprint density at radius 2 is 2.14 bits per heavy atom. The van der Waals surface area contributed by atoms with Crippen molar-refractivity contribution in [3.05, 3.63) is 28.8 Å². The topological polar surface area (TPSA) is 87.5 Å². The van der Waals surface area contributed by atoms with E-state index in [0.29, 0.717) is 6.42 Å². The maximum Gasteiger partial charge on any atom is 0.321 e. The van der Waals surface area contributed by atoms with Crippen LogP contribution in [-0.4, -0.2) is 38.9 Å². The molecule has 1 rings (SSSR count). The van der Waals surface area contributed by atoms with E-state index in [1.807, 2.05) is 6.07 Å². The monoisotopic (exact) mass is 330 g/mol. The van der Waals surface area contributed by atoms with Gasteiger partial charge in [-0.05, 0) is 24.6 Å². The number of methoxy groups -OCH3 is 1. The molecule has 0 unspecified atom stereocenters. The van der Waals surface area contributed by atoms with Gasteiger partial charge in [-0.2, -0.15) is 9.57 Å². The number of rotatable bonds is 6. The van der Waals surface area contributed by atoms with Crippen LogP contribution in [0, 0.1) is 11.3 Å². The number of halogens is 1. The minimum atomic E-state index is -4.01. The molecule has 1 aromatic carbocycles. The number of sulfonamides is 1. The summed E-state index contributed by atoms with van der Waals surface area (Å²) in [6.45, 7) is 1.50. The molecule has 0 aliphatic rings. The lowest BCUT2D eigenvalue weighted by Crippen LogP contribution is -2.37. The number of nitriles is 1. The molecule has 0 spiro atoms. The molecule has 0 aliphatic carbocycles. The molecular weight excluding hydrogens is 316 g/mol. The summed E-state index contributed by atoms with van der Waals surface area (Å²) in [5.41, 5.74) is -0.0228. The molecule has 0 aliphatic heterocycles. The van der Waals surface area contributed by atoms with E-state index in [9.17, 15) is 13.2 Å². The van der Waals surface area contributed by atoms with Crippen molar-refractivity contribution in [3.8, 4) is 6.07 Å². The Morgan fingerprint density at radius 1 is 1.48 bits per heavy atom. The van der Waals surface area contributed by atoms with E-state index in [4.69, 9.17) is 16.9 Å². The first-order valence-corrected chi connectivity index (χ1v) is 7.95. The molecule has 0 bridgehead atoms. The van der Waals surface area contributed by atoms with Gasteiger partial charge in [0.25, 0.3) is 0 Å². The van der Waals surface area contributed by atoms with Gasteiger partial charge in [-0.1, -0.05) is 18.5 Å². The van der Waals surface area contributed by atoms with Gasteiger partial charge in [0.05, 0.1) is 12.7 Å². The van der Waals surface area contributed by atoms with Crippen LogP contribution >= 0.6 is 11.6 Å². The highest BCUT2D eigenvalue weighted by molar-refractivity contribution is 7.89. The van der Waals surface area contributed by atoms with Gasteiger partial charge in [0.15, 0.2) is 0 Å². The molecule has 0 atom stereocenters. The third kappa shape index (κ3) is 4.17. The highest BCUT2D eigenvalue weighted by atomic mass is 35.5. The Hall–Kier alpha value is -1.62. The summed E-state index contributed by atoms with van der Waals surface area (Å²) in [5.74, 6) is -0.674. The zero-order valence-corrected chi connectivity index (χ0v) is 13.2. The zero-order chi connectivity index (χ0) is 16.0. The quantitative estimate of drug-likeness (QED) is 0.742. The second-order valence-electron chi connectivity index (χ2n) is 4.17. The number of hydrogen-bond donors (Lipinski definition) is 0. The maximum absolute atomic E-state index is 12.6. The Balaban J connectivity index is 3.32. The van der Waals surface area contributed by atoms with Crippen molar-refractivity contribution in [2.24, 2.45) is 0 Å². The zero-order valence-electron chi connectivity index (χ0n) is 11.7. The lowest BCUT2D eigenvalue weighted by Gasteiger charge is -2.21. The van der Waals surface area contributed by atoms with E-state index in [2.05, 4.69) is 4.74 Å². The maximum atomic E-state index is 12.6. The van der Waals surface area contributed by atoms with Crippen LogP contribution in [0.5, 0.6) is 0 Å². The molecule has 0 radical (unpaired) electrons. The minimum Gasteiger partial charge on any atom is -0.468 e. The average molecular weight is 331 g/mol. The van der Waals surface area contributed by atoms with E-state index >= 15 is 0 Å². The van der Waals surface area contributed by atoms with Crippen molar-refractivity contribution >= 4 is 27.6 Å². The Labute approximate surface area is 128 Å². The summed E-state index contributed by atoms with van der Waals surface area (Å²) in [5, 5.41) is 9.24.